The molecule has 2 nitrogen and oxygen atoms in total. The molecule has 1 atom stereocenters. The van der Waals surface area contributed by atoms with Gasteiger partial charge in [-0.15, -0.1) is 11.8 Å². The van der Waals surface area contributed by atoms with Crippen molar-refractivity contribution in [3.05, 3.63) is 70.2 Å². The van der Waals surface area contributed by atoms with Gasteiger partial charge >= 0.3 is 0 Å². The first kappa shape index (κ1) is 17.9. The predicted octanol–water partition coefficient (Wildman–Crippen LogP) is 5.15. The van der Waals surface area contributed by atoms with Gasteiger partial charge in [0.15, 0.2) is 0 Å². The third-order valence-electron chi connectivity index (χ3n) is 3.64. The van der Waals surface area contributed by atoms with Gasteiger partial charge in [-0.2, -0.15) is 0 Å². The molecule has 4 heteroatoms. The topological polar surface area (TPSA) is 29.1 Å². The second-order valence-electron chi connectivity index (χ2n) is 5.56. The lowest BCUT2D eigenvalue weighted by Crippen LogP contribution is -2.29. The summed E-state index contributed by atoms with van der Waals surface area (Å²) < 4.78 is 0. The second kappa shape index (κ2) is 8.99. The highest BCUT2D eigenvalue weighted by Crippen LogP contribution is 2.19. The summed E-state index contributed by atoms with van der Waals surface area (Å²) in [6.07, 6.45) is 0.886. The lowest BCUT2D eigenvalue weighted by atomic mass is 10.0. The maximum Gasteiger partial charge on any atom is 0.230 e. The lowest BCUT2D eigenvalue weighted by molar-refractivity contribution is -0.119. The number of rotatable bonds is 7. The Labute approximate surface area is 147 Å². The first-order valence-corrected chi connectivity index (χ1v) is 9.30. The number of benzene rings is 2. The standard InChI is InChI=1S/C19H22ClNOS/c1-3-18(16-8-4-14(2)5-9-16)21-19(22)13-23-12-15-6-10-17(20)11-7-15/h4-11,18H,3,12-13H2,1-2H3,(H,21,22)/t18-/m0/s1. The molecule has 2 aromatic rings. The third-order valence-corrected chi connectivity index (χ3v) is 4.89. The molecule has 122 valence electrons. The second-order valence-corrected chi connectivity index (χ2v) is 6.98. The molecule has 0 fully saturated rings. The monoisotopic (exact) mass is 347 g/mol. The summed E-state index contributed by atoms with van der Waals surface area (Å²) in [6.45, 7) is 4.16. The van der Waals surface area contributed by atoms with Gasteiger partial charge in [-0.3, -0.25) is 4.79 Å². The van der Waals surface area contributed by atoms with Crippen molar-refractivity contribution in [2.24, 2.45) is 0 Å². The predicted molar refractivity (Wildman–Crippen MR) is 100.0 cm³/mol. The van der Waals surface area contributed by atoms with E-state index in [1.165, 1.54) is 11.1 Å². The largest absolute Gasteiger partial charge is 0.349 e. The summed E-state index contributed by atoms with van der Waals surface area (Å²) in [5, 5.41) is 3.85. The highest BCUT2D eigenvalue weighted by atomic mass is 35.5. The summed E-state index contributed by atoms with van der Waals surface area (Å²) in [7, 11) is 0. The summed E-state index contributed by atoms with van der Waals surface area (Å²) in [5.41, 5.74) is 3.57. The first-order valence-electron chi connectivity index (χ1n) is 7.76. The molecule has 1 amide bonds. The van der Waals surface area contributed by atoms with Crippen molar-refractivity contribution < 1.29 is 4.79 Å². The lowest BCUT2D eigenvalue weighted by Gasteiger charge is -2.17. The molecule has 2 rings (SSSR count). The molecule has 0 aliphatic carbocycles. The highest BCUT2D eigenvalue weighted by molar-refractivity contribution is 7.99. The van der Waals surface area contributed by atoms with Gasteiger partial charge in [0.1, 0.15) is 0 Å². The summed E-state index contributed by atoms with van der Waals surface area (Å²) in [5.74, 6) is 1.35. The number of carbonyl (C=O) groups excluding carboxylic acids is 1. The molecule has 0 spiro atoms. The van der Waals surface area contributed by atoms with Crippen LogP contribution in [0.2, 0.25) is 5.02 Å². The number of nitrogens with one attached hydrogen (secondary N) is 1. The van der Waals surface area contributed by atoms with Gasteiger partial charge in [0.05, 0.1) is 11.8 Å². The Bertz CT molecular complexity index is 625. The van der Waals surface area contributed by atoms with Crippen LogP contribution in [0.15, 0.2) is 48.5 Å². The van der Waals surface area contributed by atoms with Crippen LogP contribution >= 0.6 is 23.4 Å². The van der Waals surface area contributed by atoms with E-state index in [-0.39, 0.29) is 11.9 Å². The fourth-order valence-electron chi connectivity index (χ4n) is 2.30. The molecule has 0 unspecified atom stereocenters. The number of aryl methyl sites for hydroxylation is 1. The molecular weight excluding hydrogens is 326 g/mol. The van der Waals surface area contributed by atoms with Crippen molar-refractivity contribution in [1.29, 1.82) is 0 Å². The van der Waals surface area contributed by atoms with Gasteiger partial charge in [0.2, 0.25) is 5.91 Å². The van der Waals surface area contributed by atoms with Crippen LogP contribution < -0.4 is 5.32 Å². The third kappa shape index (κ3) is 5.92. The van der Waals surface area contributed by atoms with Crippen LogP contribution in [-0.4, -0.2) is 11.7 Å². The average Bonchev–Trinajstić information content (AvgIpc) is 2.55. The number of hydrogen-bond acceptors (Lipinski definition) is 2. The quantitative estimate of drug-likeness (QED) is 0.750. The van der Waals surface area contributed by atoms with Gasteiger partial charge in [0, 0.05) is 10.8 Å². The summed E-state index contributed by atoms with van der Waals surface area (Å²) in [4.78, 5) is 12.1. The van der Waals surface area contributed by atoms with E-state index in [4.69, 9.17) is 11.6 Å². The molecule has 2 aromatic carbocycles. The van der Waals surface area contributed by atoms with Gasteiger partial charge in [-0.05, 0) is 36.6 Å². The molecule has 0 saturated carbocycles. The van der Waals surface area contributed by atoms with Gasteiger partial charge in [-0.1, -0.05) is 60.5 Å². The Morgan fingerprint density at radius 2 is 1.78 bits per heavy atom. The van der Waals surface area contributed by atoms with Gasteiger partial charge in [0.25, 0.3) is 0 Å². The number of halogens is 1. The number of amides is 1. The normalized spacial score (nSPS) is 12.0. The zero-order valence-electron chi connectivity index (χ0n) is 13.5. The zero-order chi connectivity index (χ0) is 16.7. The van der Waals surface area contributed by atoms with E-state index in [0.29, 0.717) is 5.75 Å². The average molecular weight is 348 g/mol. The van der Waals surface area contributed by atoms with E-state index >= 15 is 0 Å². The molecule has 1 N–H and O–H groups in total. The van der Waals surface area contributed by atoms with Gasteiger partial charge in [-0.25, -0.2) is 0 Å². The van der Waals surface area contributed by atoms with Crippen LogP contribution in [0.5, 0.6) is 0 Å². The Kier molecular flexibility index (Phi) is 7.00. The molecule has 0 radical (unpaired) electrons. The summed E-state index contributed by atoms with van der Waals surface area (Å²) in [6, 6.07) is 16.2. The minimum Gasteiger partial charge on any atom is -0.349 e. The van der Waals surface area contributed by atoms with Crippen LogP contribution in [0.25, 0.3) is 0 Å². The molecule has 0 bridgehead atoms. The Morgan fingerprint density at radius 1 is 1.13 bits per heavy atom. The fourth-order valence-corrected chi connectivity index (χ4v) is 3.22. The maximum absolute atomic E-state index is 12.1. The van der Waals surface area contributed by atoms with Crippen LogP contribution in [-0.2, 0) is 10.5 Å². The van der Waals surface area contributed by atoms with Crippen molar-refractivity contribution in [3.63, 3.8) is 0 Å². The summed E-state index contributed by atoms with van der Waals surface area (Å²) >= 11 is 7.48. The molecule has 0 aliphatic rings. The van der Waals surface area contributed by atoms with Crippen LogP contribution in [0.3, 0.4) is 0 Å². The molecule has 0 aromatic heterocycles. The Hall–Kier alpha value is -1.45. The van der Waals surface area contributed by atoms with Gasteiger partial charge < -0.3 is 5.32 Å². The van der Waals surface area contributed by atoms with E-state index in [0.717, 1.165) is 22.8 Å². The van der Waals surface area contributed by atoms with Crippen LogP contribution in [0.4, 0.5) is 0 Å². The number of thioether (sulfide) groups is 1. The molecular formula is C19H22ClNOS. The van der Waals surface area contributed by atoms with E-state index in [9.17, 15) is 4.79 Å². The number of hydrogen-bond donors (Lipinski definition) is 1. The minimum atomic E-state index is 0.0800. The van der Waals surface area contributed by atoms with Crippen molar-refractivity contribution in [1.82, 2.24) is 5.32 Å². The zero-order valence-corrected chi connectivity index (χ0v) is 15.1. The van der Waals surface area contributed by atoms with E-state index in [2.05, 4.69) is 43.4 Å². The first-order chi connectivity index (χ1) is 11.1. The molecule has 0 saturated heterocycles. The number of carbonyl (C=O) groups is 1. The smallest absolute Gasteiger partial charge is 0.230 e. The van der Waals surface area contributed by atoms with E-state index in [1.54, 1.807) is 11.8 Å². The Morgan fingerprint density at radius 3 is 2.39 bits per heavy atom. The molecule has 23 heavy (non-hydrogen) atoms. The Balaban J connectivity index is 1.80. The van der Waals surface area contributed by atoms with Crippen molar-refractivity contribution in [3.8, 4) is 0 Å². The van der Waals surface area contributed by atoms with E-state index in [1.807, 2.05) is 24.3 Å². The van der Waals surface area contributed by atoms with Crippen LogP contribution in [0, 0.1) is 6.92 Å². The fraction of sp³-hybridized carbons (Fsp3) is 0.316. The van der Waals surface area contributed by atoms with Crippen molar-refractivity contribution in [2.75, 3.05) is 5.75 Å². The SMILES string of the molecule is CC[C@H](NC(=O)CSCc1ccc(Cl)cc1)c1ccc(C)cc1. The maximum atomic E-state index is 12.1. The minimum absolute atomic E-state index is 0.0800. The van der Waals surface area contributed by atoms with E-state index < -0.39 is 0 Å². The van der Waals surface area contributed by atoms with Crippen molar-refractivity contribution >= 4 is 29.3 Å². The highest BCUT2D eigenvalue weighted by Gasteiger charge is 2.12. The van der Waals surface area contributed by atoms with Crippen LogP contribution in [0.1, 0.15) is 36.1 Å². The van der Waals surface area contributed by atoms with Crippen molar-refractivity contribution in [2.45, 2.75) is 32.1 Å². The molecule has 0 aliphatic heterocycles. The molecule has 0 heterocycles.